The van der Waals surface area contributed by atoms with Crippen molar-refractivity contribution in [2.45, 2.75) is 122 Å². The molecule has 0 radical (unpaired) electrons. The number of aromatic nitrogens is 1. The summed E-state index contributed by atoms with van der Waals surface area (Å²) >= 11 is 6.59. The number of hydrogen-bond donors (Lipinski definition) is 3. The van der Waals surface area contributed by atoms with Crippen LogP contribution in [0.2, 0.25) is 5.02 Å². The molecule has 2 aliphatic heterocycles. The largest absolute Gasteiger partial charge is 0.488 e. The summed E-state index contributed by atoms with van der Waals surface area (Å²) in [5, 5.41) is 5.80. The van der Waals surface area contributed by atoms with E-state index >= 15 is 0 Å². The third kappa shape index (κ3) is 11.4. The van der Waals surface area contributed by atoms with Gasteiger partial charge in [0.1, 0.15) is 36.1 Å². The predicted octanol–water partition coefficient (Wildman–Crippen LogP) is 4.64. The Morgan fingerprint density at radius 2 is 1.76 bits per heavy atom. The Hall–Kier alpha value is -4.18. The molecule has 2 aromatic rings. The van der Waals surface area contributed by atoms with Crippen LogP contribution in [0.5, 0.6) is 11.6 Å². The van der Waals surface area contributed by atoms with E-state index in [1.54, 1.807) is 58.9 Å². The van der Waals surface area contributed by atoms with Crippen molar-refractivity contribution in [2.75, 3.05) is 46.0 Å². The van der Waals surface area contributed by atoms with Gasteiger partial charge in [0.15, 0.2) is 0 Å². The highest BCUT2D eigenvalue weighted by Gasteiger charge is 2.62. The maximum absolute atomic E-state index is 14.7. The van der Waals surface area contributed by atoms with Crippen LogP contribution in [-0.4, -0.2) is 134 Å². The van der Waals surface area contributed by atoms with E-state index in [9.17, 15) is 40.8 Å². The van der Waals surface area contributed by atoms with Gasteiger partial charge in [-0.25, -0.2) is 18.7 Å². The van der Waals surface area contributed by atoms with Gasteiger partial charge in [-0.1, -0.05) is 51.8 Å². The molecule has 63 heavy (non-hydrogen) atoms. The molecule has 1 aromatic carbocycles. The fourth-order valence-corrected chi connectivity index (χ4v) is 8.97. The van der Waals surface area contributed by atoms with Gasteiger partial charge in [0.05, 0.1) is 35.9 Å². The number of halogens is 4. The number of pyridine rings is 1. The number of nitrogens with one attached hydrogen (secondary N) is 3. The molecule has 4 amide bonds. The predicted molar refractivity (Wildman–Crippen MR) is 222 cm³/mol. The minimum absolute atomic E-state index is 0.0829. The van der Waals surface area contributed by atoms with E-state index in [0.29, 0.717) is 68.8 Å². The molecule has 2 saturated heterocycles. The van der Waals surface area contributed by atoms with Crippen molar-refractivity contribution in [1.29, 1.82) is 0 Å². The van der Waals surface area contributed by atoms with Gasteiger partial charge in [-0.2, -0.15) is 21.6 Å². The van der Waals surface area contributed by atoms with Crippen LogP contribution in [0, 0.1) is 11.3 Å². The summed E-state index contributed by atoms with van der Waals surface area (Å²) < 4.78 is 96.7. The Morgan fingerprint density at radius 3 is 2.37 bits per heavy atom. The number of rotatable bonds is 16. The van der Waals surface area contributed by atoms with Crippen LogP contribution in [0.3, 0.4) is 0 Å². The van der Waals surface area contributed by atoms with Crippen LogP contribution in [0.1, 0.15) is 80.6 Å². The number of benzene rings is 1. The Kier molecular flexibility index (Phi) is 13.8. The molecule has 1 aromatic heterocycles. The van der Waals surface area contributed by atoms with Crippen LogP contribution in [0.15, 0.2) is 24.3 Å². The van der Waals surface area contributed by atoms with Gasteiger partial charge in [-0.05, 0) is 63.5 Å². The number of carbonyl (C=O) groups excluding carboxylic acids is 4. The molecular weight excluding hydrogens is 877 g/mol. The highest BCUT2D eigenvalue weighted by molar-refractivity contribution is 7.85. The maximum Gasteiger partial charge on any atom is 0.427 e. The Morgan fingerprint density at radius 1 is 1.08 bits per heavy atom. The summed E-state index contributed by atoms with van der Waals surface area (Å²) in [6, 6.07) is 3.69. The van der Waals surface area contributed by atoms with Gasteiger partial charge < -0.3 is 34.5 Å². The van der Waals surface area contributed by atoms with Gasteiger partial charge in [0, 0.05) is 37.5 Å². The number of hydrogen-bond acceptors (Lipinski definition) is 13. The van der Waals surface area contributed by atoms with Crippen molar-refractivity contribution in [3.05, 3.63) is 29.3 Å². The fraction of sp³-hybridized carbons (Fsp3) is 0.683. The average Bonchev–Trinajstić information content (AvgIpc) is 4.05. The van der Waals surface area contributed by atoms with E-state index in [-0.39, 0.29) is 37.6 Å². The molecule has 3 N–H and O–H groups in total. The molecule has 5 atom stereocenters. The van der Waals surface area contributed by atoms with E-state index in [1.807, 2.05) is 4.72 Å². The zero-order valence-corrected chi connectivity index (χ0v) is 37.9. The first-order chi connectivity index (χ1) is 29.3. The topological polar surface area (TPSA) is 204 Å². The number of likely N-dealkylation sites (tertiary alicyclic amines) is 1. The number of nitrogens with zero attached hydrogens (tertiary/aromatic N) is 3. The first-order valence-corrected chi connectivity index (χ1v) is 22.7. The summed E-state index contributed by atoms with van der Waals surface area (Å²) in [6.45, 7) is 12.7. The number of morpholine rings is 1. The van der Waals surface area contributed by atoms with E-state index in [0.717, 1.165) is 18.0 Å². The molecule has 17 nitrogen and oxygen atoms in total. The van der Waals surface area contributed by atoms with Crippen LogP contribution < -0.4 is 24.8 Å². The third-order valence-electron chi connectivity index (χ3n) is 11.9. The molecule has 3 heterocycles. The Balaban J connectivity index is 1.29. The molecule has 2 saturated carbocycles. The van der Waals surface area contributed by atoms with E-state index in [2.05, 4.69) is 20.5 Å². The molecule has 22 heteroatoms. The lowest BCUT2D eigenvalue weighted by Gasteiger charge is -2.36. The zero-order chi connectivity index (χ0) is 46.3. The first-order valence-electron chi connectivity index (χ1n) is 20.9. The minimum Gasteiger partial charge on any atom is -0.488 e. The summed E-state index contributed by atoms with van der Waals surface area (Å²) in [5.74, 6) is -2.74. The number of carbonyl (C=O) groups is 4. The van der Waals surface area contributed by atoms with E-state index < -0.39 is 86.6 Å². The number of alkyl carbamates (subject to hydrolysis) is 1. The van der Waals surface area contributed by atoms with Crippen molar-refractivity contribution in [3.8, 4) is 11.6 Å². The van der Waals surface area contributed by atoms with E-state index in [4.69, 9.17) is 34.7 Å². The lowest BCUT2D eigenvalue weighted by Crippen LogP contribution is -2.60. The molecule has 0 bridgehead atoms. The molecule has 350 valence electrons. The second-order valence-electron chi connectivity index (χ2n) is 18.4. The second-order valence-corrected chi connectivity index (χ2v) is 20.1. The molecule has 1 unspecified atom stereocenters. The maximum atomic E-state index is 14.7. The molecule has 6 rings (SSSR count). The standard InChI is InChI=1S/C41H56ClF3N6O11S/c1-8-24-22-40(24,35(54)49-63(56,57)62-39(7)12-13-39)48-33(52)28-20-25(23-51(28)34(53)32(37(2,3)4)47-36(55)61-38(5,6)41(43,44)45)60-29-21-30(46-31-26(29)10-9-11-27(31)42)59-19-16-50-14-17-58-18-15-50/h9-11,21,24-25,28,32H,8,12-20,22-23H2,1-7H3,(H,47,55)(H,48,52)(H,49,54)/t24?,25-,28+,32-,40-/m1/s1. The number of fused-ring (bicyclic) bond motifs is 1. The Labute approximate surface area is 369 Å². The molecule has 4 fully saturated rings. The second kappa shape index (κ2) is 18.0. The SMILES string of the molecule is CCC1C[C@]1(NC(=O)[C@@H]1C[C@@H](Oc2cc(OCCN3CCOCC3)nc3c(Cl)cccc23)CN1C(=O)[C@@H](NC(=O)OC(C)(C)C(F)(F)F)C(C)(C)C)C(=O)NS(=O)(=O)OC1(C)CC1. The summed E-state index contributed by atoms with van der Waals surface area (Å²) in [4.78, 5) is 63.9. The van der Waals surface area contributed by atoms with Gasteiger partial charge in [0.2, 0.25) is 23.3 Å². The molecule has 4 aliphatic rings. The molecule has 2 aliphatic carbocycles. The number of para-hydroxylation sites is 1. The quantitative estimate of drug-likeness (QED) is 0.210. The summed E-state index contributed by atoms with van der Waals surface area (Å²) in [6.07, 6.45) is -6.16. The third-order valence-corrected chi connectivity index (χ3v) is 13.2. The average molecular weight is 933 g/mol. The fourth-order valence-electron chi connectivity index (χ4n) is 7.60. The number of amides is 4. The highest BCUT2D eigenvalue weighted by atomic mass is 35.5. The zero-order valence-electron chi connectivity index (χ0n) is 36.4. The van der Waals surface area contributed by atoms with Crippen LogP contribution in [0.25, 0.3) is 10.9 Å². The van der Waals surface area contributed by atoms with Crippen LogP contribution in [0.4, 0.5) is 18.0 Å². The smallest absolute Gasteiger partial charge is 0.427 e. The number of alkyl halides is 3. The van der Waals surface area contributed by atoms with Gasteiger partial charge >= 0.3 is 22.6 Å². The van der Waals surface area contributed by atoms with Crippen molar-refractivity contribution in [2.24, 2.45) is 11.3 Å². The lowest BCUT2D eigenvalue weighted by atomic mass is 9.85. The molecule has 0 spiro atoms. The van der Waals surface area contributed by atoms with Crippen molar-refractivity contribution in [1.82, 2.24) is 30.1 Å². The highest BCUT2D eigenvalue weighted by Crippen LogP contribution is 2.47. The Bertz CT molecular complexity index is 2180. The minimum atomic E-state index is -4.94. The van der Waals surface area contributed by atoms with Crippen LogP contribution >= 0.6 is 11.6 Å². The molecular formula is C41H56ClF3N6O11S. The van der Waals surface area contributed by atoms with Gasteiger partial charge in [-0.3, -0.25) is 19.3 Å². The normalized spacial score (nSPS) is 24.3. The van der Waals surface area contributed by atoms with Crippen molar-refractivity contribution >= 4 is 56.6 Å². The van der Waals surface area contributed by atoms with Crippen molar-refractivity contribution < 1.29 is 63.9 Å². The monoisotopic (exact) mass is 932 g/mol. The van der Waals surface area contributed by atoms with E-state index in [1.165, 1.54) is 0 Å². The lowest BCUT2D eigenvalue weighted by molar-refractivity contribution is -0.244. The van der Waals surface area contributed by atoms with Crippen molar-refractivity contribution in [3.63, 3.8) is 0 Å². The summed E-state index contributed by atoms with van der Waals surface area (Å²) in [5.41, 5.74) is -6.33. The summed E-state index contributed by atoms with van der Waals surface area (Å²) in [7, 11) is -4.56. The van der Waals surface area contributed by atoms with Crippen LogP contribution in [-0.2, 0) is 38.3 Å². The first kappa shape index (κ1) is 48.3. The van der Waals surface area contributed by atoms with Gasteiger partial charge in [0.25, 0.3) is 5.91 Å². The number of ether oxygens (including phenoxy) is 4. The van der Waals surface area contributed by atoms with Gasteiger partial charge in [-0.15, -0.1) is 0 Å².